The summed E-state index contributed by atoms with van der Waals surface area (Å²) in [6.45, 7) is 0.973. The smallest absolute Gasteiger partial charge is 0.244 e. The summed E-state index contributed by atoms with van der Waals surface area (Å²) >= 11 is 0. The Balaban J connectivity index is 2.42. The van der Waals surface area contributed by atoms with Crippen LogP contribution >= 0.6 is 0 Å². The zero-order valence-electron chi connectivity index (χ0n) is 10.4. The molecule has 96 valence electrons. The van der Waals surface area contributed by atoms with Crippen molar-refractivity contribution in [1.29, 1.82) is 0 Å². The maximum absolute atomic E-state index is 11.4. The number of ether oxygens (including phenoxy) is 1. The number of benzene rings is 1. The lowest BCUT2D eigenvalue weighted by molar-refractivity contribution is -0.116. The molecule has 0 saturated heterocycles. The summed E-state index contributed by atoms with van der Waals surface area (Å²) in [7, 11) is 1.62. The molecular formula is C14H18N2O2. The molecule has 1 aromatic carbocycles. The van der Waals surface area contributed by atoms with Crippen molar-refractivity contribution in [2.45, 2.75) is 0 Å². The molecule has 0 bridgehead atoms. The van der Waals surface area contributed by atoms with Crippen LogP contribution in [0.1, 0.15) is 5.56 Å². The zero-order valence-corrected chi connectivity index (χ0v) is 10.4. The molecule has 0 heterocycles. The largest absolute Gasteiger partial charge is 0.497 e. The Morgan fingerprint density at radius 2 is 2.06 bits per heavy atom. The molecule has 0 radical (unpaired) electrons. The first-order chi connectivity index (χ1) is 8.76. The van der Waals surface area contributed by atoms with Gasteiger partial charge in [0.2, 0.25) is 5.91 Å². The lowest BCUT2D eigenvalue weighted by atomic mass is 10.2. The molecule has 3 N–H and O–H groups in total. The van der Waals surface area contributed by atoms with Crippen LogP contribution in [0.3, 0.4) is 0 Å². The number of amides is 1. The van der Waals surface area contributed by atoms with Gasteiger partial charge in [-0.3, -0.25) is 4.79 Å². The van der Waals surface area contributed by atoms with E-state index in [1.807, 2.05) is 30.3 Å². The molecule has 1 rings (SSSR count). The Bertz CT molecular complexity index is 422. The van der Waals surface area contributed by atoms with E-state index in [0.717, 1.165) is 11.3 Å². The van der Waals surface area contributed by atoms with Crippen molar-refractivity contribution in [3.05, 3.63) is 48.1 Å². The van der Waals surface area contributed by atoms with Gasteiger partial charge in [0.1, 0.15) is 5.75 Å². The summed E-state index contributed by atoms with van der Waals surface area (Å²) in [6.07, 6.45) is 6.87. The minimum absolute atomic E-state index is 0.132. The van der Waals surface area contributed by atoms with Crippen molar-refractivity contribution in [3.63, 3.8) is 0 Å². The van der Waals surface area contributed by atoms with Crippen LogP contribution < -0.4 is 15.8 Å². The summed E-state index contributed by atoms with van der Waals surface area (Å²) in [5.41, 5.74) is 6.23. The van der Waals surface area contributed by atoms with E-state index in [9.17, 15) is 4.79 Å². The predicted molar refractivity (Wildman–Crippen MR) is 73.2 cm³/mol. The minimum atomic E-state index is -0.132. The first kappa shape index (κ1) is 14.0. The molecule has 4 nitrogen and oxygen atoms in total. The van der Waals surface area contributed by atoms with Gasteiger partial charge in [-0.2, -0.15) is 0 Å². The van der Waals surface area contributed by atoms with Crippen LogP contribution in [0.4, 0.5) is 0 Å². The molecule has 4 heteroatoms. The lowest BCUT2D eigenvalue weighted by Gasteiger charge is -1.99. The van der Waals surface area contributed by atoms with Gasteiger partial charge in [-0.05, 0) is 23.8 Å². The van der Waals surface area contributed by atoms with E-state index >= 15 is 0 Å². The lowest BCUT2D eigenvalue weighted by Crippen LogP contribution is -2.20. The molecule has 0 fully saturated rings. The second kappa shape index (κ2) is 8.08. The van der Waals surface area contributed by atoms with E-state index in [1.165, 1.54) is 6.08 Å². The fourth-order valence-corrected chi connectivity index (χ4v) is 1.28. The molecular weight excluding hydrogens is 228 g/mol. The van der Waals surface area contributed by atoms with E-state index < -0.39 is 0 Å². The second-order valence-electron chi connectivity index (χ2n) is 3.56. The molecule has 18 heavy (non-hydrogen) atoms. The first-order valence-corrected chi connectivity index (χ1v) is 5.71. The normalized spacial score (nSPS) is 11.0. The number of hydrogen-bond donors (Lipinski definition) is 2. The molecule has 0 saturated carbocycles. The quantitative estimate of drug-likeness (QED) is 0.588. The monoisotopic (exact) mass is 246 g/mol. The number of carbonyl (C=O) groups excluding carboxylic acids is 1. The van der Waals surface area contributed by atoms with E-state index in [2.05, 4.69) is 5.32 Å². The van der Waals surface area contributed by atoms with Crippen LogP contribution in [0.5, 0.6) is 5.75 Å². The molecule has 1 aromatic rings. The summed E-state index contributed by atoms with van der Waals surface area (Å²) in [4.78, 5) is 11.4. The fraction of sp³-hybridized carbons (Fsp3) is 0.214. The summed E-state index contributed by atoms with van der Waals surface area (Å²) in [5, 5.41) is 2.72. The molecule has 0 spiro atoms. The van der Waals surface area contributed by atoms with Gasteiger partial charge in [0.25, 0.3) is 0 Å². The molecule has 0 aliphatic rings. The Hall–Kier alpha value is -2.07. The van der Waals surface area contributed by atoms with E-state index in [1.54, 1.807) is 19.3 Å². The second-order valence-corrected chi connectivity index (χ2v) is 3.56. The number of carbonyl (C=O) groups is 1. The average molecular weight is 246 g/mol. The Kier molecular flexibility index (Phi) is 6.28. The molecule has 0 aliphatic heterocycles. The van der Waals surface area contributed by atoms with E-state index in [0.29, 0.717) is 13.1 Å². The number of nitrogens with two attached hydrogens (primary N) is 1. The highest BCUT2D eigenvalue weighted by Gasteiger charge is 1.93. The summed E-state index contributed by atoms with van der Waals surface area (Å²) < 4.78 is 5.05. The van der Waals surface area contributed by atoms with Gasteiger partial charge in [0.15, 0.2) is 0 Å². The van der Waals surface area contributed by atoms with Crippen molar-refractivity contribution >= 4 is 12.0 Å². The van der Waals surface area contributed by atoms with Gasteiger partial charge in [0.05, 0.1) is 7.11 Å². The van der Waals surface area contributed by atoms with Crippen LogP contribution in [-0.2, 0) is 4.79 Å². The molecule has 0 aliphatic carbocycles. The van der Waals surface area contributed by atoms with Crippen molar-refractivity contribution in [3.8, 4) is 5.75 Å². The number of methoxy groups -OCH3 is 1. The first-order valence-electron chi connectivity index (χ1n) is 5.71. The van der Waals surface area contributed by atoms with Crippen LogP contribution in [0.2, 0.25) is 0 Å². The molecule has 0 aromatic heterocycles. The summed E-state index contributed by atoms with van der Waals surface area (Å²) in [6, 6.07) is 7.47. The predicted octanol–water partition coefficient (Wildman–Crippen LogP) is 1.34. The Labute approximate surface area is 107 Å². The van der Waals surface area contributed by atoms with Crippen LogP contribution in [0.15, 0.2) is 42.5 Å². The van der Waals surface area contributed by atoms with E-state index in [-0.39, 0.29) is 5.91 Å². The molecule has 1 amide bonds. The summed E-state index contributed by atoms with van der Waals surface area (Å²) in [5.74, 6) is 0.663. The maximum atomic E-state index is 11.4. The fourth-order valence-electron chi connectivity index (χ4n) is 1.28. The number of rotatable bonds is 6. The zero-order chi connectivity index (χ0) is 13.2. The van der Waals surface area contributed by atoms with Crippen LogP contribution in [0.25, 0.3) is 6.08 Å². The van der Waals surface area contributed by atoms with Crippen LogP contribution in [-0.4, -0.2) is 26.1 Å². The third-order valence-electron chi connectivity index (χ3n) is 2.24. The average Bonchev–Trinajstić information content (AvgIpc) is 2.42. The standard InChI is InChI=1S/C14H18N2O2/c1-18-13-7-4-12(5-8-13)6-9-14(17)16-11-3-2-10-15/h2-9H,10-11,15H2,1H3,(H,16,17)/b3-2+,9-6+. The highest BCUT2D eigenvalue weighted by molar-refractivity contribution is 5.91. The highest BCUT2D eigenvalue weighted by Crippen LogP contribution is 2.11. The number of nitrogens with one attached hydrogen (secondary N) is 1. The molecule has 0 unspecified atom stereocenters. The molecule has 0 atom stereocenters. The minimum Gasteiger partial charge on any atom is -0.497 e. The Morgan fingerprint density at radius 1 is 1.33 bits per heavy atom. The van der Waals surface area contributed by atoms with E-state index in [4.69, 9.17) is 10.5 Å². The third-order valence-corrected chi connectivity index (χ3v) is 2.24. The van der Waals surface area contributed by atoms with Crippen molar-refractivity contribution in [1.82, 2.24) is 5.32 Å². The van der Waals surface area contributed by atoms with Gasteiger partial charge >= 0.3 is 0 Å². The van der Waals surface area contributed by atoms with Gasteiger partial charge in [-0.15, -0.1) is 0 Å². The number of hydrogen-bond acceptors (Lipinski definition) is 3. The third kappa shape index (κ3) is 5.32. The van der Waals surface area contributed by atoms with Crippen LogP contribution in [0, 0.1) is 0 Å². The Morgan fingerprint density at radius 3 is 2.67 bits per heavy atom. The van der Waals surface area contributed by atoms with Gasteiger partial charge in [-0.1, -0.05) is 24.3 Å². The van der Waals surface area contributed by atoms with Gasteiger partial charge < -0.3 is 15.8 Å². The maximum Gasteiger partial charge on any atom is 0.244 e. The van der Waals surface area contributed by atoms with Gasteiger partial charge in [-0.25, -0.2) is 0 Å². The van der Waals surface area contributed by atoms with Gasteiger partial charge in [0, 0.05) is 19.2 Å². The van der Waals surface area contributed by atoms with Crippen molar-refractivity contribution in [2.24, 2.45) is 5.73 Å². The van der Waals surface area contributed by atoms with Crippen molar-refractivity contribution < 1.29 is 9.53 Å². The van der Waals surface area contributed by atoms with Crippen molar-refractivity contribution in [2.75, 3.05) is 20.2 Å². The topological polar surface area (TPSA) is 64.3 Å². The highest BCUT2D eigenvalue weighted by atomic mass is 16.5. The SMILES string of the molecule is COc1ccc(/C=C/C(=O)NC/C=C/CN)cc1.